The quantitative estimate of drug-likeness (QED) is 0.868. The highest BCUT2D eigenvalue weighted by Crippen LogP contribution is 2.20. The van der Waals surface area contributed by atoms with Crippen LogP contribution < -0.4 is 5.73 Å². The molecule has 1 aromatic carbocycles. The number of hydrogen-bond acceptors (Lipinski definition) is 1. The molecule has 0 unspecified atom stereocenters. The lowest BCUT2D eigenvalue weighted by Gasteiger charge is -2.08. The molecule has 1 rings (SSSR count). The second-order valence-corrected chi connectivity index (χ2v) is 4.04. The lowest BCUT2D eigenvalue weighted by atomic mass is 9.98. The van der Waals surface area contributed by atoms with Crippen molar-refractivity contribution < 1.29 is 4.79 Å². The third kappa shape index (κ3) is 3.19. The Hall–Kier alpha value is -0.830. The number of carbonyl (C=O) groups is 1. The standard InChI is InChI=1S/C10H12BrNO/c1-7(6-10(12)13)8-2-4-9(11)5-3-8/h2-5,7H,6H2,1H3,(H2,12,13)/t7-/m1/s1. The van der Waals surface area contributed by atoms with Crippen LogP contribution in [0.25, 0.3) is 0 Å². The van der Waals surface area contributed by atoms with E-state index in [2.05, 4.69) is 15.9 Å². The summed E-state index contributed by atoms with van der Waals surface area (Å²) >= 11 is 3.35. The lowest BCUT2D eigenvalue weighted by molar-refractivity contribution is -0.118. The highest BCUT2D eigenvalue weighted by molar-refractivity contribution is 9.10. The van der Waals surface area contributed by atoms with Crippen LogP contribution in [0, 0.1) is 0 Å². The topological polar surface area (TPSA) is 43.1 Å². The van der Waals surface area contributed by atoms with Crippen molar-refractivity contribution in [3.05, 3.63) is 34.3 Å². The van der Waals surface area contributed by atoms with Gasteiger partial charge in [0, 0.05) is 10.9 Å². The van der Waals surface area contributed by atoms with Gasteiger partial charge in [-0.3, -0.25) is 4.79 Å². The molecule has 1 amide bonds. The first-order valence-electron chi connectivity index (χ1n) is 4.13. The summed E-state index contributed by atoms with van der Waals surface area (Å²) in [5.74, 6) is -0.0546. The summed E-state index contributed by atoms with van der Waals surface area (Å²) in [5.41, 5.74) is 6.25. The van der Waals surface area contributed by atoms with Crippen molar-refractivity contribution in [2.24, 2.45) is 5.73 Å². The van der Waals surface area contributed by atoms with E-state index in [0.717, 1.165) is 10.0 Å². The maximum Gasteiger partial charge on any atom is 0.218 e. The van der Waals surface area contributed by atoms with E-state index in [9.17, 15) is 4.79 Å². The molecule has 0 saturated heterocycles. The van der Waals surface area contributed by atoms with Crippen molar-refractivity contribution in [2.45, 2.75) is 19.3 Å². The molecule has 0 aliphatic carbocycles. The molecule has 0 spiro atoms. The van der Waals surface area contributed by atoms with Gasteiger partial charge in [0.05, 0.1) is 0 Å². The normalized spacial score (nSPS) is 12.5. The molecule has 0 saturated carbocycles. The van der Waals surface area contributed by atoms with E-state index in [1.807, 2.05) is 31.2 Å². The molecular formula is C10H12BrNO. The number of hydrogen-bond donors (Lipinski definition) is 1. The third-order valence-corrected chi connectivity index (χ3v) is 2.48. The summed E-state index contributed by atoms with van der Waals surface area (Å²) < 4.78 is 1.04. The Balaban J connectivity index is 2.71. The fraction of sp³-hybridized carbons (Fsp3) is 0.300. The highest BCUT2D eigenvalue weighted by atomic mass is 79.9. The first-order chi connectivity index (χ1) is 6.09. The predicted molar refractivity (Wildman–Crippen MR) is 56.4 cm³/mol. The maximum absolute atomic E-state index is 10.7. The van der Waals surface area contributed by atoms with E-state index in [1.165, 1.54) is 0 Å². The molecule has 70 valence electrons. The first kappa shape index (κ1) is 10.3. The van der Waals surface area contributed by atoms with Crippen LogP contribution in [-0.2, 0) is 4.79 Å². The monoisotopic (exact) mass is 241 g/mol. The molecule has 0 radical (unpaired) electrons. The molecule has 1 atom stereocenters. The van der Waals surface area contributed by atoms with Gasteiger partial charge in [0.15, 0.2) is 0 Å². The van der Waals surface area contributed by atoms with Gasteiger partial charge in [-0.25, -0.2) is 0 Å². The minimum absolute atomic E-state index is 0.200. The van der Waals surface area contributed by atoms with Crippen molar-refractivity contribution in [3.63, 3.8) is 0 Å². The van der Waals surface area contributed by atoms with Crippen LogP contribution in [-0.4, -0.2) is 5.91 Å². The molecule has 0 heterocycles. The van der Waals surface area contributed by atoms with Crippen LogP contribution in [0.15, 0.2) is 28.7 Å². The van der Waals surface area contributed by atoms with Crippen LogP contribution in [0.1, 0.15) is 24.8 Å². The number of benzene rings is 1. The predicted octanol–water partition coefficient (Wildman–Crippen LogP) is 2.43. The Bertz CT molecular complexity index is 294. The van der Waals surface area contributed by atoms with E-state index in [0.29, 0.717) is 6.42 Å². The number of rotatable bonds is 3. The van der Waals surface area contributed by atoms with Gasteiger partial charge in [-0.15, -0.1) is 0 Å². The second-order valence-electron chi connectivity index (χ2n) is 3.12. The SMILES string of the molecule is C[C@H](CC(N)=O)c1ccc(Br)cc1. The van der Waals surface area contributed by atoms with Gasteiger partial charge in [0.1, 0.15) is 0 Å². The largest absolute Gasteiger partial charge is 0.370 e. The van der Waals surface area contributed by atoms with E-state index < -0.39 is 0 Å². The Labute approximate surface area is 86.3 Å². The van der Waals surface area contributed by atoms with E-state index >= 15 is 0 Å². The van der Waals surface area contributed by atoms with Crippen molar-refractivity contribution in [1.29, 1.82) is 0 Å². The summed E-state index contributed by atoms with van der Waals surface area (Å²) in [7, 11) is 0. The molecule has 0 aromatic heterocycles. The molecule has 2 N–H and O–H groups in total. The van der Waals surface area contributed by atoms with Crippen LogP contribution in [0.4, 0.5) is 0 Å². The lowest BCUT2D eigenvalue weighted by Crippen LogP contribution is -2.13. The fourth-order valence-electron chi connectivity index (χ4n) is 1.21. The van der Waals surface area contributed by atoms with Gasteiger partial charge in [-0.2, -0.15) is 0 Å². The van der Waals surface area contributed by atoms with Gasteiger partial charge in [-0.05, 0) is 23.6 Å². The number of nitrogens with two attached hydrogens (primary N) is 1. The summed E-state index contributed by atoms with van der Waals surface area (Å²) in [6.45, 7) is 1.99. The molecule has 0 aliphatic rings. The zero-order valence-electron chi connectivity index (χ0n) is 7.46. The van der Waals surface area contributed by atoms with Crippen molar-refractivity contribution in [2.75, 3.05) is 0 Å². The third-order valence-electron chi connectivity index (χ3n) is 1.95. The van der Waals surface area contributed by atoms with E-state index in [4.69, 9.17) is 5.73 Å². The first-order valence-corrected chi connectivity index (χ1v) is 4.92. The van der Waals surface area contributed by atoms with Gasteiger partial charge in [0.2, 0.25) is 5.91 Å². The summed E-state index contributed by atoms with van der Waals surface area (Å²) in [5, 5.41) is 0. The molecule has 13 heavy (non-hydrogen) atoms. The molecular weight excluding hydrogens is 230 g/mol. The highest BCUT2D eigenvalue weighted by Gasteiger charge is 2.07. The number of amides is 1. The fourth-order valence-corrected chi connectivity index (χ4v) is 1.48. The molecule has 0 aliphatic heterocycles. The van der Waals surface area contributed by atoms with Crippen molar-refractivity contribution >= 4 is 21.8 Å². The van der Waals surface area contributed by atoms with Gasteiger partial charge < -0.3 is 5.73 Å². The number of halogens is 1. The minimum atomic E-state index is -0.254. The van der Waals surface area contributed by atoms with Crippen LogP contribution in [0.3, 0.4) is 0 Å². The average Bonchev–Trinajstić information content (AvgIpc) is 2.04. The molecule has 3 heteroatoms. The molecule has 0 fully saturated rings. The molecule has 2 nitrogen and oxygen atoms in total. The van der Waals surface area contributed by atoms with E-state index in [1.54, 1.807) is 0 Å². The van der Waals surface area contributed by atoms with Crippen molar-refractivity contribution in [3.8, 4) is 0 Å². The van der Waals surface area contributed by atoms with Gasteiger partial charge in [-0.1, -0.05) is 35.0 Å². The summed E-state index contributed by atoms with van der Waals surface area (Å²) in [6.07, 6.45) is 0.404. The Morgan fingerprint density at radius 1 is 1.46 bits per heavy atom. The smallest absolute Gasteiger partial charge is 0.218 e. The number of primary amides is 1. The van der Waals surface area contributed by atoms with Crippen LogP contribution >= 0.6 is 15.9 Å². The zero-order chi connectivity index (χ0) is 9.84. The Kier molecular flexibility index (Phi) is 3.48. The minimum Gasteiger partial charge on any atom is -0.370 e. The zero-order valence-corrected chi connectivity index (χ0v) is 9.04. The summed E-state index contributed by atoms with van der Waals surface area (Å²) in [6, 6.07) is 7.93. The van der Waals surface area contributed by atoms with Gasteiger partial charge in [0.25, 0.3) is 0 Å². The van der Waals surface area contributed by atoms with E-state index in [-0.39, 0.29) is 11.8 Å². The van der Waals surface area contributed by atoms with Crippen molar-refractivity contribution in [1.82, 2.24) is 0 Å². The average molecular weight is 242 g/mol. The van der Waals surface area contributed by atoms with Crippen LogP contribution in [0.2, 0.25) is 0 Å². The second kappa shape index (κ2) is 4.42. The Morgan fingerprint density at radius 2 is 2.00 bits per heavy atom. The Morgan fingerprint density at radius 3 is 2.46 bits per heavy atom. The number of carbonyl (C=O) groups excluding carboxylic acids is 1. The van der Waals surface area contributed by atoms with Crippen LogP contribution in [0.5, 0.6) is 0 Å². The van der Waals surface area contributed by atoms with Gasteiger partial charge >= 0.3 is 0 Å². The maximum atomic E-state index is 10.7. The molecule has 0 bridgehead atoms. The summed E-state index contributed by atoms with van der Waals surface area (Å²) in [4.78, 5) is 10.7. The molecule has 1 aromatic rings.